The summed E-state index contributed by atoms with van der Waals surface area (Å²) in [7, 11) is 2.12. The average molecular weight is 529 g/mol. The van der Waals surface area contributed by atoms with E-state index < -0.39 is 17.2 Å². The van der Waals surface area contributed by atoms with Crippen LogP contribution < -0.4 is 10.6 Å². The van der Waals surface area contributed by atoms with Gasteiger partial charge in [-0.25, -0.2) is 0 Å². The first kappa shape index (κ1) is 26.7. The number of carbonyl (C=O) groups is 2. The standard InChI is InChI=1S/C29H35F3N4O2/c1-35-17-19-36(20-18-35)16-11-25(37)34-28(12-2-13-28)22-7-9-24(10-8-22)33-26(38)27(14-15-27)21-3-5-23(6-4-21)29(30,31)32/h3-10H,2,11-20H2,1H3,(H,33,38)(H,34,37). The van der Waals surface area contributed by atoms with Crippen LogP contribution in [0, 0.1) is 0 Å². The van der Waals surface area contributed by atoms with E-state index >= 15 is 0 Å². The first-order chi connectivity index (χ1) is 18.1. The summed E-state index contributed by atoms with van der Waals surface area (Å²) in [5.74, 6) is -0.145. The summed E-state index contributed by atoms with van der Waals surface area (Å²) in [5.41, 5.74) is 0.401. The van der Waals surface area contributed by atoms with Gasteiger partial charge in [-0.2, -0.15) is 13.2 Å². The molecule has 2 saturated carbocycles. The number of piperazine rings is 1. The number of anilines is 1. The number of halogens is 3. The maximum Gasteiger partial charge on any atom is 0.416 e. The van der Waals surface area contributed by atoms with Crippen molar-refractivity contribution in [3.05, 3.63) is 65.2 Å². The second-order valence-electron chi connectivity index (χ2n) is 11.1. The quantitative estimate of drug-likeness (QED) is 0.529. The summed E-state index contributed by atoms with van der Waals surface area (Å²) in [6, 6.07) is 12.5. The second kappa shape index (κ2) is 10.3. The smallest absolute Gasteiger partial charge is 0.347 e. The third-order valence-electron chi connectivity index (χ3n) is 8.48. The van der Waals surface area contributed by atoms with Crippen molar-refractivity contribution in [3.63, 3.8) is 0 Å². The molecule has 0 radical (unpaired) electrons. The lowest BCUT2D eigenvalue weighted by Crippen LogP contribution is -2.51. The maximum atomic E-state index is 13.1. The molecule has 38 heavy (non-hydrogen) atoms. The molecule has 0 aromatic heterocycles. The fourth-order valence-corrected chi connectivity index (χ4v) is 5.55. The summed E-state index contributed by atoms with van der Waals surface area (Å²) >= 11 is 0. The molecule has 0 spiro atoms. The van der Waals surface area contributed by atoms with Gasteiger partial charge in [0.1, 0.15) is 0 Å². The number of amides is 2. The molecule has 3 fully saturated rings. The maximum absolute atomic E-state index is 13.1. The van der Waals surface area contributed by atoms with Gasteiger partial charge in [-0.3, -0.25) is 9.59 Å². The first-order valence-corrected chi connectivity index (χ1v) is 13.4. The Labute approximate surface area is 221 Å². The molecular weight excluding hydrogens is 493 g/mol. The van der Waals surface area contributed by atoms with Gasteiger partial charge >= 0.3 is 6.18 Å². The Bertz CT molecular complexity index is 1150. The zero-order chi connectivity index (χ0) is 27.0. The monoisotopic (exact) mass is 528 g/mol. The van der Waals surface area contributed by atoms with E-state index in [1.165, 1.54) is 12.1 Å². The molecule has 5 rings (SSSR count). The average Bonchev–Trinajstić information content (AvgIpc) is 3.68. The van der Waals surface area contributed by atoms with E-state index in [2.05, 4.69) is 27.5 Å². The number of nitrogens with zero attached hydrogens (tertiary/aromatic N) is 2. The number of hydrogen-bond donors (Lipinski definition) is 2. The number of carbonyl (C=O) groups excluding carboxylic acids is 2. The van der Waals surface area contributed by atoms with Gasteiger partial charge in [0.2, 0.25) is 11.8 Å². The van der Waals surface area contributed by atoms with Crippen molar-refractivity contribution in [1.29, 1.82) is 0 Å². The molecule has 1 aliphatic heterocycles. The molecule has 0 unspecified atom stereocenters. The zero-order valence-corrected chi connectivity index (χ0v) is 21.7. The predicted octanol–water partition coefficient (Wildman–Crippen LogP) is 4.51. The van der Waals surface area contributed by atoms with Crippen molar-refractivity contribution < 1.29 is 22.8 Å². The van der Waals surface area contributed by atoms with Crippen LogP contribution in [0.15, 0.2) is 48.5 Å². The highest BCUT2D eigenvalue weighted by Crippen LogP contribution is 2.49. The number of alkyl halides is 3. The lowest BCUT2D eigenvalue weighted by Gasteiger charge is -2.43. The molecular formula is C29H35F3N4O2. The molecule has 204 valence electrons. The molecule has 0 bridgehead atoms. The van der Waals surface area contributed by atoms with Crippen molar-refractivity contribution in [2.24, 2.45) is 0 Å². The van der Waals surface area contributed by atoms with Gasteiger partial charge in [0.25, 0.3) is 0 Å². The topological polar surface area (TPSA) is 64.7 Å². The Morgan fingerprint density at radius 2 is 1.47 bits per heavy atom. The van der Waals surface area contributed by atoms with Crippen LogP contribution in [0.3, 0.4) is 0 Å². The van der Waals surface area contributed by atoms with E-state index in [4.69, 9.17) is 0 Å². The number of likely N-dealkylation sites (N-methyl/N-ethyl adjacent to an activating group) is 1. The van der Waals surface area contributed by atoms with Gasteiger partial charge in [0.15, 0.2) is 0 Å². The third kappa shape index (κ3) is 5.59. The van der Waals surface area contributed by atoms with Crippen molar-refractivity contribution >= 4 is 17.5 Å². The zero-order valence-electron chi connectivity index (χ0n) is 21.7. The normalized spacial score (nSPS) is 20.8. The second-order valence-corrected chi connectivity index (χ2v) is 11.1. The van der Waals surface area contributed by atoms with Crippen LogP contribution in [0.4, 0.5) is 18.9 Å². The molecule has 0 atom stereocenters. The molecule has 1 heterocycles. The number of hydrogen-bond acceptors (Lipinski definition) is 4. The van der Waals surface area contributed by atoms with Crippen LogP contribution in [0.5, 0.6) is 0 Å². The van der Waals surface area contributed by atoms with Crippen LogP contribution in [-0.4, -0.2) is 61.4 Å². The fraction of sp³-hybridized carbons (Fsp3) is 0.517. The van der Waals surface area contributed by atoms with Crippen molar-refractivity contribution in [1.82, 2.24) is 15.1 Å². The summed E-state index contributed by atoms with van der Waals surface area (Å²) in [6.07, 6.45) is 0.0999. The van der Waals surface area contributed by atoms with Crippen molar-refractivity contribution in [2.75, 3.05) is 45.1 Å². The minimum atomic E-state index is -4.40. The Balaban J connectivity index is 1.18. The van der Waals surface area contributed by atoms with Gasteiger partial charge in [0, 0.05) is 44.8 Å². The molecule has 2 aromatic rings. The molecule has 2 aliphatic carbocycles. The minimum Gasteiger partial charge on any atom is -0.347 e. The van der Waals surface area contributed by atoms with Crippen molar-refractivity contribution in [2.45, 2.75) is 55.7 Å². The fourth-order valence-electron chi connectivity index (χ4n) is 5.55. The van der Waals surface area contributed by atoms with E-state index in [0.29, 0.717) is 30.5 Å². The molecule has 1 saturated heterocycles. The van der Waals surface area contributed by atoms with E-state index in [-0.39, 0.29) is 17.4 Å². The lowest BCUT2D eigenvalue weighted by molar-refractivity contribution is -0.137. The lowest BCUT2D eigenvalue weighted by atomic mass is 9.71. The molecule has 2 amide bonds. The van der Waals surface area contributed by atoms with E-state index in [1.54, 1.807) is 0 Å². The molecule has 3 aliphatic rings. The number of rotatable bonds is 8. The first-order valence-electron chi connectivity index (χ1n) is 13.4. The van der Waals surface area contributed by atoms with Crippen LogP contribution >= 0.6 is 0 Å². The largest absolute Gasteiger partial charge is 0.416 e. The Kier molecular flexibility index (Phi) is 7.26. The van der Waals surface area contributed by atoms with Gasteiger partial charge < -0.3 is 20.4 Å². The Hall–Kier alpha value is -2.91. The van der Waals surface area contributed by atoms with Crippen LogP contribution in [0.25, 0.3) is 0 Å². The Morgan fingerprint density at radius 3 is 2.00 bits per heavy atom. The summed E-state index contributed by atoms with van der Waals surface area (Å²) in [4.78, 5) is 30.5. The highest BCUT2D eigenvalue weighted by atomic mass is 19.4. The molecule has 2 aromatic carbocycles. The molecule has 9 heteroatoms. The highest BCUT2D eigenvalue weighted by Gasteiger charge is 2.51. The van der Waals surface area contributed by atoms with Crippen LogP contribution in [0.1, 0.15) is 55.2 Å². The number of benzene rings is 2. The summed E-state index contributed by atoms with van der Waals surface area (Å²) in [6.45, 7) is 4.80. The van der Waals surface area contributed by atoms with Crippen LogP contribution in [0.2, 0.25) is 0 Å². The van der Waals surface area contributed by atoms with Crippen LogP contribution in [-0.2, 0) is 26.7 Å². The summed E-state index contributed by atoms with van der Waals surface area (Å²) < 4.78 is 38.7. The van der Waals surface area contributed by atoms with E-state index in [1.807, 2.05) is 24.3 Å². The SMILES string of the molecule is CN1CCN(CCC(=O)NC2(c3ccc(NC(=O)C4(c5ccc(C(F)(F)F)cc5)CC4)cc3)CCC2)CC1. The van der Waals surface area contributed by atoms with Gasteiger partial charge in [-0.15, -0.1) is 0 Å². The van der Waals surface area contributed by atoms with E-state index in [0.717, 1.165) is 69.7 Å². The predicted molar refractivity (Wildman–Crippen MR) is 140 cm³/mol. The van der Waals surface area contributed by atoms with Crippen molar-refractivity contribution in [3.8, 4) is 0 Å². The minimum absolute atomic E-state index is 0.0632. The Morgan fingerprint density at radius 1 is 0.868 bits per heavy atom. The van der Waals surface area contributed by atoms with Gasteiger partial charge in [0.05, 0.1) is 16.5 Å². The highest BCUT2D eigenvalue weighted by molar-refractivity contribution is 6.01. The van der Waals surface area contributed by atoms with E-state index in [9.17, 15) is 22.8 Å². The molecule has 2 N–H and O–H groups in total. The number of nitrogens with one attached hydrogen (secondary N) is 2. The third-order valence-corrected chi connectivity index (χ3v) is 8.48. The van der Waals surface area contributed by atoms with Gasteiger partial charge in [-0.05, 0) is 74.5 Å². The van der Waals surface area contributed by atoms with Gasteiger partial charge in [-0.1, -0.05) is 24.3 Å². The molecule has 6 nitrogen and oxygen atoms in total. The summed E-state index contributed by atoms with van der Waals surface area (Å²) in [5, 5.41) is 6.23.